The van der Waals surface area contributed by atoms with Crippen LogP contribution in [0, 0.1) is 10.1 Å². The Labute approximate surface area is 123 Å². The zero-order chi connectivity index (χ0) is 15.2. The van der Waals surface area contributed by atoms with E-state index in [1.165, 1.54) is 13.2 Å². The number of nitro groups is 1. The smallest absolute Gasteiger partial charge is 0.315 e. The number of hydrogen-bond donors (Lipinski definition) is 1. The van der Waals surface area contributed by atoms with Crippen LogP contribution in [0.4, 0.5) is 5.69 Å². The molecule has 0 fully saturated rings. The third-order valence-corrected chi connectivity index (χ3v) is 3.14. The maximum Gasteiger partial charge on any atom is 0.315 e. The van der Waals surface area contributed by atoms with E-state index in [1.54, 1.807) is 6.07 Å². The molecule has 0 bridgehead atoms. The summed E-state index contributed by atoms with van der Waals surface area (Å²) < 4.78 is 10.8. The Balaban J connectivity index is 2.40. The van der Waals surface area contributed by atoms with E-state index in [1.807, 2.05) is 6.92 Å². The number of hydrogen-bond acceptors (Lipinski definition) is 6. The van der Waals surface area contributed by atoms with Crippen molar-refractivity contribution in [1.29, 1.82) is 0 Å². The largest absolute Gasteiger partial charge is 0.493 e. The molecule has 1 aliphatic rings. The average Bonchev–Trinajstić information content (AvgIpc) is 3.01. The minimum Gasteiger partial charge on any atom is -0.493 e. The summed E-state index contributed by atoms with van der Waals surface area (Å²) in [6.07, 6.45) is 1.78. The molecule has 1 aromatic rings. The van der Waals surface area contributed by atoms with Crippen molar-refractivity contribution < 1.29 is 14.4 Å². The molecule has 1 N–H and O–H groups in total. The van der Waals surface area contributed by atoms with Gasteiger partial charge in [0.05, 0.1) is 25.2 Å². The molecule has 21 heavy (non-hydrogen) atoms. The molecule has 0 saturated heterocycles. The number of methoxy groups -OCH3 is 1. The van der Waals surface area contributed by atoms with E-state index < -0.39 is 4.92 Å². The summed E-state index contributed by atoms with van der Waals surface area (Å²) in [6, 6.07) is 3.19. The molecule has 0 unspecified atom stereocenters. The van der Waals surface area contributed by atoms with E-state index in [9.17, 15) is 10.1 Å². The first-order valence-electron chi connectivity index (χ1n) is 6.95. The molecular weight excluding hydrogens is 274 g/mol. The number of nitro benzene ring substituents is 1. The van der Waals surface area contributed by atoms with Crippen LogP contribution in [0.25, 0.3) is 0 Å². The third-order valence-electron chi connectivity index (χ3n) is 3.14. The Morgan fingerprint density at radius 3 is 2.86 bits per heavy atom. The highest BCUT2D eigenvalue weighted by Crippen LogP contribution is 2.38. The minimum absolute atomic E-state index is 0.100. The van der Waals surface area contributed by atoms with E-state index in [4.69, 9.17) is 9.47 Å². The molecule has 2 rings (SSSR count). The van der Waals surface area contributed by atoms with Gasteiger partial charge in [-0.05, 0) is 12.5 Å². The molecule has 0 spiro atoms. The van der Waals surface area contributed by atoms with Crippen LogP contribution in [0.1, 0.15) is 25.3 Å². The topological polar surface area (TPSA) is 86.0 Å². The van der Waals surface area contributed by atoms with Gasteiger partial charge in [0.2, 0.25) is 5.75 Å². The lowest BCUT2D eigenvalue weighted by atomic mass is 10.1. The van der Waals surface area contributed by atoms with E-state index in [0.29, 0.717) is 30.3 Å². The molecule has 0 radical (unpaired) electrons. The molecule has 114 valence electrons. The van der Waals surface area contributed by atoms with Gasteiger partial charge in [-0.25, -0.2) is 0 Å². The van der Waals surface area contributed by atoms with Crippen LogP contribution in [-0.2, 0) is 0 Å². The predicted molar refractivity (Wildman–Crippen MR) is 79.5 cm³/mol. The molecule has 1 heterocycles. The van der Waals surface area contributed by atoms with Crippen LogP contribution in [-0.4, -0.2) is 37.6 Å². The van der Waals surface area contributed by atoms with Crippen LogP contribution >= 0.6 is 0 Å². The van der Waals surface area contributed by atoms with E-state index >= 15 is 0 Å². The SMILES string of the molecule is CCCCOc1c(OC)cc(C2=NCCN2)cc1[N+](=O)[O-]. The summed E-state index contributed by atoms with van der Waals surface area (Å²) in [5.74, 6) is 1.18. The summed E-state index contributed by atoms with van der Waals surface area (Å²) in [5, 5.41) is 14.4. The highest BCUT2D eigenvalue weighted by atomic mass is 16.6. The summed E-state index contributed by atoms with van der Waals surface area (Å²) in [5.41, 5.74) is 0.538. The second-order valence-electron chi connectivity index (χ2n) is 4.64. The van der Waals surface area contributed by atoms with Crippen molar-refractivity contribution in [2.24, 2.45) is 4.99 Å². The number of nitrogens with zero attached hydrogens (tertiary/aromatic N) is 2. The first-order chi connectivity index (χ1) is 10.2. The Kier molecular flexibility index (Phi) is 4.97. The standard InChI is InChI=1S/C14H19N3O4/c1-3-4-7-21-13-11(17(18)19)8-10(9-12(13)20-2)14-15-5-6-16-14/h8-9H,3-7H2,1-2H3,(H,15,16). The van der Waals surface area contributed by atoms with Crippen molar-refractivity contribution in [3.63, 3.8) is 0 Å². The minimum atomic E-state index is -0.456. The lowest BCUT2D eigenvalue weighted by Crippen LogP contribution is -2.19. The normalized spacial score (nSPS) is 13.5. The van der Waals surface area contributed by atoms with E-state index in [0.717, 1.165) is 19.4 Å². The molecule has 7 nitrogen and oxygen atoms in total. The molecule has 0 aliphatic carbocycles. The predicted octanol–water partition coefficient (Wildman–Crippen LogP) is 2.13. The second-order valence-corrected chi connectivity index (χ2v) is 4.64. The van der Waals surface area contributed by atoms with Gasteiger partial charge in [-0.1, -0.05) is 13.3 Å². The van der Waals surface area contributed by atoms with Crippen molar-refractivity contribution in [2.75, 3.05) is 26.8 Å². The first kappa shape index (κ1) is 15.1. The molecule has 0 saturated carbocycles. The van der Waals surface area contributed by atoms with Crippen molar-refractivity contribution in [3.8, 4) is 11.5 Å². The van der Waals surface area contributed by atoms with Crippen LogP contribution < -0.4 is 14.8 Å². The van der Waals surface area contributed by atoms with Crippen molar-refractivity contribution in [1.82, 2.24) is 5.32 Å². The lowest BCUT2D eigenvalue weighted by Gasteiger charge is -2.12. The molecule has 0 amide bonds. The van der Waals surface area contributed by atoms with Gasteiger partial charge in [-0.15, -0.1) is 0 Å². The molecule has 0 atom stereocenters. The van der Waals surface area contributed by atoms with Gasteiger partial charge in [0.1, 0.15) is 5.84 Å². The first-order valence-corrected chi connectivity index (χ1v) is 6.95. The number of amidine groups is 1. The molecule has 1 aromatic carbocycles. The number of unbranched alkanes of at least 4 members (excludes halogenated alkanes) is 1. The lowest BCUT2D eigenvalue weighted by molar-refractivity contribution is -0.386. The third kappa shape index (κ3) is 3.42. The highest BCUT2D eigenvalue weighted by molar-refractivity contribution is 6.01. The fourth-order valence-corrected chi connectivity index (χ4v) is 2.07. The molecular formula is C14H19N3O4. The van der Waals surface area contributed by atoms with Gasteiger partial charge in [0.15, 0.2) is 5.75 Å². The fourth-order valence-electron chi connectivity index (χ4n) is 2.07. The molecule has 7 heteroatoms. The van der Waals surface area contributed by atoms with Crippen molar-refractivity contribution in [3.05, 3.63) is 27.8 Å². The van der Waals surface area contributed by atoms with Gasteiger partial charge < -0.3 is 14.8 Å². The number of rotatable bonds is 7. The zero-order valence-corrected chi connectivity index (χ0v) is 12.2. The van der Waals surface area contributed by atoms with Crippen LogP contribution in [0.5, 0.6) is 11.5 Å². The average molecular weight is 293 g/mol. The van der Waals surface area contributed by atoms with Crippen LogP contribution in [0.2, 0.25) is 0 Å². The Morgan fingerprint density at radius 2 is 2.29 bits per heavy atom. The number of nitrogens with one attached hydrogen (secondary N) is 1. The van der Waals surface area contributed by atoms with Gasteiger partial charge in [-0.2, -0.15) is 0 Å². The summed E-state index contributed by atoms with van der Waals surface area (Å²) >= 11 is 0. The summed E-state index contributed by atoms with van der Waals surface area (Å²) in [7, 11) is 1.47. The Bertz CT molecular complexity index is 557. The van der Waals surface area contributed by atoms with E-state index in [-0.39, 0.29) is 11.4 Å². The van der Waals surface area contributed by atoms with Gasteiger partial charge in [-0.3, -0.25) is 15.1 Å². The summed E-state index contributed by atoms with van der Waals surface area (Å²) in [6.45, 7) is 3.86. The maximum absolute atomic E-state index is 11.3. The summed E-state index contributed by atoms with van der Waals surface area (Å²) in [4.78, 5) is 15.1. The monoisotopic (exact) mass is 293 g/mol. The quantitative estimate of drug-likeness (QED) is 0.473. The number of ether oxygens (including phenoxy) is 2. The van der Waals surface area contributed by atoms with Gasteiger partial charge in [0.25, 0.3) is 0 Å². The van der Waals surface area contributed by atoms with Crippen molar-refractivity contribution >= 4 is 11.5 Å². The number of aliphatic imine (C=N–C) groups is 1. The molecule has 1 aliphatic heterocycles. The van der Waals surface area contributed by atoms with Crippen molar-refractivity contribution in [2.45, 2.75) is 19.8 Å². The second kappa shape index (κ2) is 6.92. The Morgan fingerprint density at radius 1 is 1.48 bits per heavy atom. The van der Waals surface area contributed by atoms with Crippen LogP contribution in [0.3, 0.4) is 0 Å². The zero-order valence-electron chi connectivity index (χ0n) is 12.2. The van der Waals surface area contributed by atoms with E-state index in [2.05, 4.69) is 10.3 Å². The van der Waals surface area contributed by atoms with Crippen LogP contribution in [0.15, 0.2) is 17.1 Å². The Hall–Kier alpha value is -2.31. The molecule has 0 aromatic heterocycles. The maximum atomic E-state index is 11.3. The highest BCUT2D eigenvalue weighted by Gasteiger charge is 2.24. The fraction of sp³-hybridized carbons (Fsp3) is 0.500. The number of benzene rings is 1. The van der Waals surface area contributed by atoms with Gasteiger partial charge >= 0.3 is 5.69 Å². The van der Waals surface area contributed by atoms with Gasteiger partial charge in [0, 0.05) is 18.2 Å².